The molecule has 1 aromatic heterocycles. The maximum Gasteiger partial charge on any atom is 0.0933 e. The van der Waals surface area contributed by atoms with Gasteiger partial charge in [0.25, 0.3) is 0 Å². The SMILES string of the molecule is CC1(Cc2nc(C(C)(C)C)cs2)CCC(N)C1. The van der Waals surface area contributed by atoms with Crippen LogP contribution in [0.25, 0.3) is 0 Å². The molecule has 2 nitrogen and oxygen atoms in total. The molecule has 0 bridgehead atoms. The fourth-order valence-electron chi connectivity index (χ4n) is 2.63. The van der Waals surface area contributed by atoms with E-state index in [-0.39, 0.29) is 5.41 Å². The van der Waals surface area contributed by atoms with Gasteiger partial charge >= 0.3 is 0 Å². The summed E-state index contributed by atoms with van der Waals surface area (Å²) < 4.78 is 0. The lowest BCUT2D eigenvalue weighted by Gasteiger charge is -2.22. The summed E-state index contributed by atoms with van der Waals surface area (Å²) in [6, 6.07) is 0.405. The highest BCUT2D eigenvalue weighted by atomic mass is 32.1. The van der Waals surface area contributed by atoms with E-state index in [0.717, 1.165) is 12.8 Å². The zero-order valence-corrected chi connectivity index (χ0v) is 12.2. The van der Waals surface area contributed by atoms with Crippen molar-refractivity contribution in [2.45, 2.75) is 64.8 Å². The Bertz CT molecular complexity index is 391. The Balaban J connectivity index is 2.07. The highest BCUT2D eigenvalue weighted by Gasteiger charge is 2.34. The summed E-state index contributed by atoms with van der Waals surface area (Å²) in [5.41, 5.74) is 7.80. The van der Waals surface area contributed by atoms with Gasteiger partial charge in [-0.25, -0.2) is 4.98 Å². The minimum atomic E-state index is 0.168. The number of nitrogens with zero attached hydrogens (tertiary/aromatic N) is 1. The van der Waals surface area contributed by atoms with Gasteiger partial charge in [-0.05, 0) is 24.7 Å². The first-order chi connectivity index (χ1) is 7.78. The molecule has 0 saturated heterocycles. The Morgan fingerprint density at radius 1 is 1.53 bits per heavy atom. The molecule has 0 radical (unpaired) electrons. The molecule has 2 N–H and O–H groups in total. The van der Waals surface area contributed by atoms with Crippen molar-refractivity contribution >= 4 is 11.3 Å². The molecule has 2 unspecified atom stereocenters. The number of hydrogen-bond acceptors (Lipinski definition) is 3. The predicted octanol–water partition coefficient (Wildman–Crippen LogP) is 3.50. The number of nitrogens with two attached hydrogens (primary N) is 1. The summed E-state index contributed by atoms with van der Waals surface area (Å²) in [7, 11) is 0. The van der Waals surface area contributed by atoms with Crippen molar-refractivity contribution < 1.29 is 0 Å². The van der Waals surface area contributed by atoms with Gasteiger partial charge < -0.3 is 5.73 Å². The van der Waals surface area contributed by atoms with Crippen molar-refractivity contribution in [1.82, 2.24) is 4.98 Å². The molecule has 96 valence electrons. The van der Waals surface area contributed by atoms with Gasteiger partial charge in [0.15, 0.2) is 0 Å². The van der Waals surface area contributed by atoms with Crippen LogP contribution in [-0.2, 0) is 11.8 Å². The van der Waals surface area contributed by atoms with Gasteiger partial charge in [0.1, 0.15) is 0 Å². The third-order valence-corrected chi connectivity index (χ3v) is 4.62. The van der Waals surface area contributed by atoms with Crippen molar-refractivity contribution in [1.29, 1.82) is 0 Å². The van der Waals surface area contributed by atoms with Crippen LogP contribution in [-0.4, -0.2) is 11.0 Å². The second-order valence-corrected chi connectivity index (χ2v) is 7.81. The number of aromatic nitrogens is 1. The van der Waals surface area contributed by atoms with Gasteiger partial charge in [-0.15, -0.1) is 11.3 Å². The Morgan fingerprint density at radius 3 is 2.71 bits per heavy atom. The molecule has 1 aliphatic carbocycles. The highest BCUT2D eigenvalue weighted by molar-refractivity contribution is 7.09. The van der Waals surface area contributed by atoms with Crippen molar-refractivity contribution in [2.24, 2.45) is 11.1 Å². The normalized spacial score (nSPS) is 29.8. The van der Waals surface area contributed by atoms with Gasteiger partial charge in [0.05, 0.1) is 10.7 Å². The lowest BCUT2D eigenvalue weighted by Crippen LogP contribution is -2.21. The van der Waals surface area contributed by atoms with E-state index < -0.39 is 0 Å². The molecule has 0 aromatic carbocycles. The van der Waals surface area contributed by atoms with E-state index in [4.69, 9.17) is 10.7 Å². The maximum absolute atomic E-state index is 6.02. The first kappa shape index (κ1) is 13.0. The Morgan fingerprint density at radius 2 is 2.24 bits per heavy atom. The average molecular weight is 252 g/mol. The van der Waals surface area contributed by atoms with Gasteiger partial charge in [-0.2, -0.15) is 0 Å². The van der Waals surface area contributed by atoms with E-state index in [1.807, 2.05) is 11.3 Å². The third kappa shape index (κ3) is 3.08. The molecule has 2 rings (SSSR count). The fourth-order valence-corrected chi connectivity index (χ4v) is 3.87. The van der Waals surface area contributed by atoms with Crippen LogP contribution in [0.3, 0.4) is 0 Å². The summed E-state index contributed by atoms with van der Waals surface area (Å²) in [6.45, 7) is 9.02. The smallest absolute Gasteiger partial charge is 0.0933 e. The van der Waals surface area contributed by atoms with Crippen LogP contribution in [0.2, 0.25) is 0 Å². The van der Waals surface area contributed by atoms with Crippen LogP contribution < -0.4 is 5.73 Å². The quantitative estimate of drug-likeness (QED) is 0.875. The molecule has 17 heavy (non-hydrogen) atoms. The summed E-state index contributed by atoms with van der Waals surface area (Å²) in [6.07, 6.45) is 4.67. The maximum atomic E-state index is 6.02. The van der Waals surface area contributed by atoms with Crippen molar-refractivity contribution in [2.75, 3.05) is 0 Å². The number of thiazole rings is 1. The zero-order valence-electron chi connectivity index (χ0n) is 11.4. The molecule has 0 amide bonds. The van der Waals surface area contributed by atoms with Crippen LogP contribution in [0, 0.1) is 5.41 Å². The largest absolute Gasteiger partial charge is 0.328 e. The molecule has 1 aromatic rings. The lowest BCUT2D eigenvalue weighted by atomic mass is 9.85. The van der Waals surface area contributed by atoms with Crippen LogP contribution in [0.15, 0.2) is 5.38 Å². The zero-order chi connectivity index (χ0) is 12.7. The second kappa shape index (κ2) is 4.36. The van der Waals surface area contributed by atoms with Gasteiger partial charge in [0.2, 0.25) is 0 Å². The van der Waals surface area contributed by atoms with E-state index in [2.05, 4.69) is 33.1 Å². The third-order valence-electron chi connectivity index (χ3n) is 3.77. The average Bonchev–Trinajstić information content (AvgIpc) is 2.73. The Labute approximate surface area is 109 Å². The second-order valence-electron chi connectivity index (χ2n) is 6.87. The Hall–Kier alpha value is -0.410. The Kier molecular flexibility index (Phi) is 3.34. The highest BCUT2D eigenvalue weighted by Crippen LogP contribution is 2.40. The molecule has 0 spiro atoms. The minimum absolute atomic E-state index is 0.168. The summed E-state index contributed by atoms with van der Waals surface area (Å²) >= 11 is 1.81. The van der Waals surface area contributed by atoms with E-state index in [1.165, 1.54) is 23.5 Å². The van der Waals surface area contributed by atoms with E-state index in [1.54, 1.807) is 0 Å². The minimum Gasteiger partial charge on any atom is -0.328 e. The molecule has 1 aliphatic rings. The van der Waals surface area contributed by atoms with Crippen LogP contribution in [0.1, 0.15) is 57.7 Å². The molecule has 3 heteroatoms. The van der Waals surface area contributed by atoms with Gasteiger partial charge in [0, 0.05) is 23.3 Å². The molecule has 1 fully saturated rings. The fraction of sp³-hybridized carbons (Fsp3) is 0.786. The predicted molar refractivity (Wildman–Crippen MR) is 74.5 cm³/mol. The topological polar surface area (TPSA) is 38.9 Å². The monoisotopic (exact) mass is 252 g/mol. The number of hydrogen-bond donors (Lipinski definition) is 1. The first-order valence-corrected chi connectivity index (χ1v) is 7.37. The molecular formula is C14H24N2S. The summed E-state index contributed by atoms with van der Waals surface area (Å²) in [5, 5.41) is 3.50. The van der Waals surface area contributed by atoms with Crippen molar-refractivity contribution in [3.63, 3.8) is 0 Å². The van der Waals surface area contributed by atoms with Gasteiger partial charge in [-0.1, -0.05) is 27.7 Å². The van der Waals surface area contributed by atoms with Crippen LogP contribution in [0.5, 0.6) is 0 Å². The van der Waals surface area contributed by atoms with Crippen LogP contribution >= 0.6 is 11.3 Å². The molecular weight excluding hydrogens is 228 g/mol. The van der Waals surface area contributed by atoms with Crippen LogP contribution in [0.4, 0.5) is 0 Å². The molecule has 1 saturated carbocycles. The van der Waals surface area contributed by atoms with Crippen molar-refractivity contribution in [3.8, 4) is 0 Å². The standard InChI is InChI=1S/C14H24N2S/c1-13(2,3)11-9-17-12(16-11)8-14(4)6-5-10(15)7-14/h9-10H,5-8,15H2,1-4H3. The van der Waals surface area contributed by atoms with Crippen molar-refractivity contribution in [3.05, 3.63) is 16.1 Å². The first-order valence-electron chi connectivity index (χ1n) is 6.49. The lowest BCUT2D eigenvalue weighted by molar-refractivity contribution is 0.328. The molecule has 2 atom stereocenters. The summed E-state index contributed by atoms with van der Waals surface area (Å²) in [4.78, 5) is 4.79. The molecule has 0 aliphatic heterocycles. The summed E-state index contributed by atoms with van der Waals surface area (Å²) in [5.74, 6) is 0. The molecule has 1 heterocycles. The van der Waals surface area contributed by atoms with E-state index >= 15 is 0 Å². The van der Waals surface area contributed by atoms with E-state index in [9.17, 15) is 0 Å². The number of rotatable bonds is 2. The van der Waals surface area contributed by atoms with E-state index in [0.29, 0.717) is 11.5 Å². The van der Waals surface area contributed by atoms with Gasteiger partial charge in [-0.3, -0.25) is 0 Å².